The Bertz CT molecular complexity index is 745. The number of amides is 1. The number of hydrogen-bond acceptors (Lipinski definition) is 6. The molecule has 130 valence electrons. The van der Waals surface area contributed by atoms with Crippen LogP contribution in [0.1, 0.15) is 16.8 Å². The van der Waals surface area contributed by atoms with Gasteiger partial charge in [0.2, 0.25) is 10.0 Å². The average molecular weight is 363 g/mol. The van der Waals surface area contributed by atoms with Crippen LogP contribution in [0.25, 0.3) is 0 Å². The molecule has 0 fully saturated rings. The quantitative estimate of drug-likeness (QED) is 0.486. The second kappa shape index (κ2) is 8.39. The van der Waals surface area contributed by atoms with Crippen LogP contribution in [0.3, 0.4) is 0 Å². The molecule has 0 aliphatic rings. The highest BCUT2D eigenvalue weighted by molar-refractivity contribution is 7.90. The van der Waals surface area contributed by atoms with Crippen molar-refractivity contribution >= 4 is 25.8 Å². The highest BCUT2D eigenvalue weighted by atomic mass is 32.2. The first-order valence-electron chi connectivity index (χ1n) is 6.91. The van der Waals surface area contributed by atoms with Crippen LogP contribution in [0.2, 0.25) is 0 Å². The number of carbonyl (C=O) groups excluding carboxylic acids is 1. The number of nitrogens with one attached hydrogen (secondary N) is 2. The fourth-order valence-electron chi connectivity index (χ4n) is 1.65. The van der Waals surface area contributed by atoms with E-state index in [9.17, 15) is 21.6 Å². The van der Waals surface area contributed by atoms with E-state index < -0.39 is 25.8 Å². The van der Waals surface area contributed by atoms with E-state index in [4.69, 9.17) is 5.73 Å². The van der Waals surface area contributed by atoms with Crippen LogP contribution in [-0.4, -0.2) is 54.4 Å². The molecule has 0 saturated carbocycles. The zero-order chi connectivity index (χ0) is 17.5. The molecule has 23 heavy (non-hydrogen) atoms. The predicted octanol–water partition coefficient (Wildman–Crippen LogP) is -0.912. The molecule has 8 nitrogen and oxygen atoms in total. The molecule has 1 aromatic carbocycles. The first-order chi connectivity index (χ1) is 10.7. The van der Waals surface area contributed by atoms with Crippen LogP contribution in [0.5, 0.6) is 0 Å². The number of carbonyl (C=O) groups is 1. The standard InChI is InChI=1S/C13H21N3O5S2/c1-22(18,19)9-8-15-13(17)11-4-2-5-12(10-11)23(20,21)16-7-3-6-14/h2,4-5,10,16H,3,6-9,14H2,1H3,(H,15,17). The third-order valence-corrected chi connectivity index (χ3v) is 5.24. The number of nitrogens with two attached hydrogens (primary N) is 1. The second-order valence-electron chi connectivity index (χ2n) is 4.95. The van der Waals surface area contributed by atoms with Gasteiger partial charge in [0.05, 0.1) is 10.6 Å². The zero-order valence-corrected chi connectivity index (χ0v) is 14.4. The van der Waals surface area contributed by atoms with Gasteiger partial charge in [-0.25, -0.2) is 21.6 Å². The Labute approximate surface area is 136 Å². The SMILES string of the molecule is CS(=O)(=O)CCNC(=O)c1cccc(S(=O)(=O)NCCCN)c1. The molecule has 0 atom stereocenters. The third-order valence-electron chi connectivity index (χ3n) is 2.84. The van der Waals surface area contributed by atoms with Crippen molar-refractivity contribution in [3.63, 3.8) is 0 Å². The Hall–Kier alpha value is -1.49. The lowest BCUT2D eigenvalue weighted by molar-refractivity contribution is 0.0956. The van der Waals surface area contributed by atoms with Crippen LogP contribution >= 0.6 is 0 Å². The molecule has 0 aromatic heterocycles. The molecule has 0 saturated heterocycles. The third kappa shape index (κ3) is 7.08. The van der Waals surface area contributed by atoms with Crippen molar-refractivity contribution in [1.82, 2.24) is 10.0 Å². The smallest absolute Gasteiger partial charge is 0.251 e. The van der Waals surface area contributed by atoms with Crippen LogP contribution < -0.4 is 15.8 Å². The Morgan fingerprint density at radius 3 is 2.48 bits per heavy atom. The van der Waals surface area contributed by atoms with Gasteiger partial charge in [0.25, 0.3) is 5.91 Å². The van der Waals surface area contributed by atoms with Gasteiger partial charge >= 0.3 is 0 Å². The van der Waals surface area contributed by atoms with E-state index in [0.717, 1.165) is 6.26 Å². The highest BCUT2D eigenvalue weighted by Gasteiger charge is 2.15. The van der Waals surface area contributed by atoms with E-state index in [-0.39, 0.29) is 29.3 Å². The number of rotatable bonds is 9. The van der Waals surface area contributed by atoms with Crippen molar-refractivity contribution in [3.8, 4) is 0 Å². The molecule has 1 amide bonds. The van der Waals surface area contributed by atoms with Crippen LogP contribution in [-0.2, 0) is 19.9 Å². The molecule has 1 aromatic rings. The topological polar surface area (TPSA) is 135 Å². The molecule has 0 radical (unpaired) electrons. The maximum Gasteiger partial charge on any atom is 0.251 e. The van der Waals surface area contributed by atoms with Crippen molar-refractivity contribution in [3.05, 3.63) is 29.8 Å². The highest BCUT2D eigenvalue weighted by Crippen LogP contribution is 2.11. The van der Waals surface area contributed by atoms with E-state index >= 15 is 0 Å². The minimum atomic E-state index is -3.71. The summed E-state index contributed by atoms with van der Waals surface area (Å²) in [6.45, 7) is 0.540. The second-order valence-corrected chi connectivity index (χ2v) is 8.98. The molecule has 0 spiro atoms. The molecule has 0 aliphatic heterocycles. The van der Waals surface area contributed by atoms with Crippen molar-refractivity contribution in [2.24, 2.45) is 5.73 Å². The Balaban J connectivity index is 2.78. The van der Waals surface area contributed by atoms with Crippen molar-refractivity contribution in [1.29, 1.82) is 0 Å². The minimum Gasteiger partial charge on any atom is -0.351 e. The summed E-state index contributed by atoms with van der Waals surface area (Å²) < 4.78 is 48.5. The Morgan fingerprint density at radius 1 is 1.17 bits per heavy atom. The Morgan fingerprint density at radius 2 is 1.87 bits per heavy atom. The fourth-order valence-corrected chi connectivity index (χ4v) is 3.24. The lowest BCUT2D eigenvalue weighted by Gasteiger charge is -2.08. The predicted molar refractivity (Wildman–Crippen MR) is 87.3 cm³/mol. The van der Waals surface area contributed by atoms with Crippen molar-refractivity contribution < 1.29 is 21.6 Å². The van der Waals surface area contributed by atoms with Crippen LogP contribution in [0, 0.1) is 0 Å². The molecule has 0 bridgehead atoms. The van der Waals surface area contributed by atoms with E-state index in [2.05, 4.69) is 10.0 Å². The largest absolute Gasteiger partial charge is 0.351 e. The van der Waals surface area contributed by atoms with Gasteiger partial charge in [-0.3, -0.25) is 4.79 Å². The van der Waals surface area contributed by atoms with Gasteiger partial charge in [-0.15, -0.1) is 0 Å². The zero-order valence-electron chi connectivity index (χ0n) is 12.8. The number of benzene rings is 1. The van der Waals surface area contributed by atoms with Gasteiger partial charge in [0.1, 0.15) is 9.84 Å². The monoisotopic (exact) mass is 363 g/mol. The van der Waals surface area contributed by atoms with Crippen LogP contribution in [0.15, 0.2) is 29.2 Å². The summed E-state index contributed by atoms with van der Waals surface area (Å²) >= 11 is 0. The van der Waals surface area contributed by atoms with E-state index in [1.165, 1.54) is 24.3 Å². The van der Waals surface area contributed by atoms with Crippen molar-refractivity contribution in [2.45, 2.75) is 11.3 Å². The van der Waals surface area contributed by atoms with E-state index in [1.54, 1.807) is 0 Å². The number of hydrogen-bond donors (Lipinski definition) is 3. The molecular weight excluding hydrogens is 342 g/mol. The van der Waals surface area contributed by atoms with Gasteiger partial charge < -0.3 is 11.1 Å². The van der Waals surface area contributed by atoms with Gasteiger partial charge in [-0.05, 0) is 31.2 Å². The van der Waals surface area contributed by atoms with Gasteiger partial charge in [-0.2, -0.15) is 0 Å². The lowest BCUT2D eigenvalue weighted by atomic mass is 10.2. The molecule has 4 N–H and O–H groups in total. The summed E-state index contributed by atoms with van der Waals surface area (Å²) in [6.07, 6.45) is 1.57. The summed E-state index contributed by atoms with van der Waals surface area (Å²) in [7, 11) is -6.89. The van der Waals surface area contributed by atoms with Gasteiger partial charge in [-0.1, -0.05) is 6.07 Å². The van der Waals surface area contributed by atoms with Crippen molar-refractivity contribution in [2.75, 3.05) is 31.6 Å². The summed E-state index contributed by atoms with van der Waals surface area (Å²) in [4.78, 5) is 11.9. The summed E-state index contributed by atoms with van der Waals surface area (Å²) in [5, 5.41) is 2.44. The Kier molecular flexibility index (Phi) is 7.13. The van der Waals surface area contributed by atoms with Crippen LogP contribution in [0.4, 0.5) is 0 Å². The first-order valence-corrected chi connectivity index (χ1v) is 10.5. The summed E-state index contributed by atoms with van der Waals surface area (Å²) in [5.41, 5.74) is 5.45. The molecule has 1 rings (SSSR count). The van der Waals surface area contributed by atoms with Gasteiger partial charge in [0.15, 0.2) is 0 Å². The van der Waals surface area contributed by atoms with E-state index in [1.807, 2.05) is 0 Å². The molecule has 0 aliphatic carbocycles. The summed E-state index contributed by atoms with van der Waals surface area (Å²) in [6, 6.07) is 5.51. The lowest BCUT2D eigenvalue weighted by Crippen LogP contribution is -2.29. The first kappa shape index (κ1) is 19.6. The molecule has 0 heterocycles. The number of sulfonamides is 1. The maximum absolute atomic E-state index is 12.1. The molecule has 0 unspecified atom stereocenters. The molecular formula is C13H21N3O5S2. The fraction of sp³-hybridized carbons (Fsp3) is 0.462. The van der Waals surface area contributed by atoms with Gasteiger partial charge in [0, 0.05) is 24.9 Å². The minimum absolute atomic E-state index is 0.0368. The summed E-state index contributed by atoms with van der Waals surface area (Å²) in [5.74, 6) is -0.718. The normalized spacial score (nSPS) is 12.1. The molecule has 10 heteroatoms. The maximum atomic E-state index is 12.1. The average Bonchev–Trinajstić information content (AvgIpc) is 2.46. The van der Waals surface area contributed by atoms with E-state index in [0.29, 0.717) is 13.0 Å². The number of sulfone groups is 1.